The quantitative estimate of drug-likeness (QED) is 0.784. The minimum absolute atomic E-state index is 0.134. The number of carbonyl (C=O) groups is 1. The molecule has 0 radical (unpaired) electrons. The lowest BCUT2D eigenvalue weighted by molar-refractivity contribution is 0.0648. The van der Waals surface area contributed by atoms with Crippen LogP contribution in [0, 0.1) is 5.92 Å². The zero-order valence-corrected chi connectivity index (χ0v) is 9.93. The highest BCUT2D eigenvalue weighted by Crippen LogP contribution is 2.56. The monoisotopic (exact) mass is 232 g/mol. The van der Waals surface area contributed by atoms with Crippen LogP contribution >= 0.6 is 0 Å². The molecule has 1 aliphatic carbocycles. The van der Waals surface area contributed by atoms with Crippen molar-refractivity contribution in [2.24, 2.45) is 5.92 Å². The Morgan fingerprint density at radius 1 is 1.65 bits per heavy atom. The summed E-state index contributed by atoms with van der Waals surface area (Å²) in [5.41, 5.74) is 1.01. The van der Waals surface area contributed by atoms with Gasteiger partial charge in [0.1, 0.15) is 0 Å². The average molecular weight is 232 g/mol. The molecule has 3 heterocycles. The molecule has 0 N–H and O–H groups in total. The van der Waals surface area contributed by atoms with Crippen LogP contribution in [0.2, 0.25) is 0 Å². The van der Waals surface area contributed by atoms with Crippen LogP contribution < -0.4 is 0 Å². The van der Waals surface area contributed by atoms with Crippen molar-refractivity contribution in [2.75, 3.05) is 13.2 Å². The van der Waals surface area contributed by atoms with Crippen LogP contribution in [-0.2, 0) is 10.3 Å². The number of fused-ring (bicyclic) bond motifs is 1. The maximum absolute atomic E-state index is 11.9. The Kier molecular flexibility index (Phi) is 2.31. The predicted molar refractivity (Wildman–Crippen MR) is 62.4 cm³/mol. The normalized spacial score (nSPS) is 29.9. The molecule has 3 aliphatic rings. The Morgan fingerprint density at radius 2 is 2.47 bits per heavy atom. The SMILES string of the molecule is CCOC(=O)N1CC2CC1(c1cccnc1)C2. The Bertz CT molecular complexity index is 426. The van der Waals surface area contributed by atoms with E-state index in [0.29, 0.717) is 12.5 Å². The summed E-state index contributed by atoms with van der Waals surface area (Å²) in [6, 6.07) is 3.99. The molecule has 4 heteroatoms. The third kappa shape index (κ3) is 1.43. The lowest BCUT2D eigenvalue weighted by Crippen LogP contribution is -2.46. The summed E-state index contributed by atoms with van der Waals surface area (Å²) in [7, 11) is 0. The van der Waals surface area contributed by atoms with Gasteiger partial charge < -0.3 is 4.74 Å². The molecule has 2 saturated heterocycles. The van der Waals surface area contributed by atoms with E-state index in [0.717, 1.165) is 24.9 Å². The molecule has 2 aliphatic heterocycles. The molecular weight excluding hydrogens is 216 g/mol. The highest BCUT2D eigenvalue weighted by molar-refractivity contribution is 5.70. The number of nitrogens with zero attached hydrogens (tertiary/aromatic N) is 2. The van der Waals surface area contributed by atoms with E-state index < -0.39 is 0 Å². The van der Waals surface area contributed by atoms with E-state index in [2.05, 4.69) is 11.1 Å². The molecular formula is C13H16N2O2. The van der Waals surface area contributed by atoms with Crippen LogP contribution in [0.15, 0.2) is 24.5 Å². The van der Waals surface area contributed by atoms with Crippen molar-refractivity contribution >= 4 is 6.09 Å². The molecule has 2 bridgehead atoms. The molecule has 4 nitrogen and oxygen atoms in total. The molecule has 1 aromatic heterocycles. The highest BCUT2D eigenvalue weighted by atomic mass is 16.6. The first-order valence-electron chi connectivity index (χ1n) is 6.11. The first-order valence-corrected chi connectivity index (χ1v) is 6.11. The summed E-state index contributed by atoms with van der Waals surface area (Å²) >= 11 is 0. The van der Waals surface area contributed by atoms with Gasteiger partial charge in [-0.3, -0.25) is 9.88 Å². The largest absolute Gasteiger partial charge is 0.450 e. The van der Waals surface area contributed by atoms with Crippen molar-refractivity contribution in [3.8, 4) is 0 Å². The standard InChI is InChI=1S/C13H16N2O2/c1-2-17-12(16)15-9-10-6-13(15,7-10)11-4-3-5-14-8-11/h3-5,8,10H,2,6-7,9H2,1H3. The van der Waals surface area contributed by atoms with Gasteiger partial charge in [-0.05, 0) is 37.3 Å². The highest BCUT2D eigenvalue weighted by Gasteiger charge is 2.59. The van der Waals surface area contributed by atoms with Gasteiger partial charge in [0.2, 0.25) is 0 Å². The fourth-order valence-electron chi connectivity index (χ4n) is 3.16. The zero-order chi connectivity index (χ0) is 11.9. The Hall–Kier alpha value is -1.58. The van der Waals surface area contributed by atoms with Crippen LogP contribution in [0.1, 0.15) is 25.3 Å². The first-order chi connectivity index (χ1) is 8.26. The summed E-state index contributed by atoms with van der Waals surface area (Å²) < 4.78 is 5.14. The van der Waals surface area contributed by atoms with Crippen LogP contribution in [-0.4, -0.2) is 29.1 Å². The van der Waals surface area contributed by atoms with Crippen molar-refractivity contribution in [2.45, 2.75) is 25.3 Å². The second-order valence-corrected chi connectivity index (χ2v) is 4.86. The summed E-state index contributed by atoms with van der Waals surface area (Å²) in [5, 5.41) is 0. The van der Waals surface area contributed by atoms with Crippen molar-refractivity contribution in [1.82, 2.24) is 9.88 Å². The van der Waals surface area contributed by atoms with E-state index in [1.165, 1.54) is 0 Å². The molecule has 1 amide bonds. The number of hydrogen-bond donors (Lipinski definition) is 0. The Labute approximate surface area is 101 Å². The summed E-state index contributed by atoms with van der Waals surface area (Å²) in [6.07, 6.45) is 5.55. The minimum Gasteiger partial charge on any atom is -0.450 e. The summed E-state index contributed by atoms with van der Waals surface area (Å²) in [4.78, 5) is 18.0. The van der Waals surface area contributed by atoms with Crippen LogP contribution in [0.5, 0.6) is 0 Å². The second kappa shape index (κ2) is 3.72. The molecule has 1 saturated carbocycles. The fraction of sp³-hybridized carbons (Fsp3) is 0.538. The third-order valence-corrected chi connectivity index (χ3v) is 3.90. The number of carbonyl (C=O) groups excluding carboxylic acids is 1. The van der Waals surface area contributed by atoms with Crippen molar-refractivity contribution < 1.29 is 9.53 Å². The van der Waals surface area contributed by atoms with Gasteiger partial charge in [-0.2, -0.15) is 0 Å². The molecule has 0 atom stereocenters. The van der Waals surface area contributed by atoms with Gasteiger partial charge >= 0.3 is 6.09 Å². The van der Waals surface area contributed by atoms with E-state index in [1.54, 1.807) is 6.20 Å². The summed E-state index contributed by atoms with van der Waals surface area (Å²) in [5.74, 6) is 0.639. The molecule has 0 spiro atoms. The van der Waals surface area contributed by atoms with E-state index in [4.69, 9.17) is 4.74 Å². The molecule has 4 rings (SSSR count). The van der Waals surface area contributed by atoms with Crippen LogP contribution in [0.25, 0.3) is 0 Å². The molecule has 1 aromatic rings. The third-order valence-electron chi connectivity index (χ3n) is 3.90. The maximum Gasteiger partial charge on any atom is 0.410 e. The van der Waals surface area contributed by atoms with Gasteiger partial charge in [0.25, 0.3) is 0 Å². The smallest absolute Gasteiger partial charge is 0.410 e. The topological polar surface area (TPSA) is 42.4 Å². The first kappa shape index (κ1) is 10.6. The molecule has 90 valence electrons. The number of rotatable bonds is 2. The zero-order valence-electron chi connectivity index (χ0n) is 9.93. The van der Waals surface area contributed by atoms with Crippen molar-refractivity contribution in [3.63, 3.8) is 0 Å². The predicted octanol–water partition coefficient (Wildman–Crippen LogP) is 2.16. The van der Waals surface area contributed by atoms with Gasteiger partial charge in [-0.1, -0.05) is 6.07 Å². The molecule has 0 aromatic carbocycles. The fourth-order valence-corrected chi connectivity index (χ4v) is 3.16. The number of aromatic nitrogens is 1. The van der Waals surface area contributed by atoms with Gasteiger partial charge in [0.15, 0.2) is 0 Å². The molecule has 0 unspecified atom stereocenters. The maximum atomic E-state index is 11.9. The van der Waals surface area contributed by atoms with Crippen molar-refractivity contribution in [1.29, 1.82) is 0 Å². The lowest BCUT2D eigenvalue weighted by Gasteiger charge is -2.41. The Morgan fingerprint density at radius 3 is 3.12 bits per heavy atom. The minimum atomic E-state index is -0.184. The second-order valence-electron chi connectivity index (χ2n) is 4.86. The van der Waals surface area contributed by atoms with Crippen molar-refractivity contribution in [3.05, 3.63) is 30.1 Å². The van der Waals surface area contributed by atoms with Gasteiger partial charge in [-0.15, -0.1) is 0 Å². The average Bonchev–Trinajstić information content (AvgIpc) is 2.85. The Balaban J connectivity index is 1.90. The van der Waals surface area contributed by atoms with Crippen LogP contribution in [0.4, 0.5) is 4.79 Å². The van der Waals surface area contributed by atoms with Gasteiger partial charge in [0.05, 0.1) is 12.1 Å². The van der Waals surface area contributed by atoms with E-state index in [1.807, 2.05) is 24.1 Å². The van der Waals surface area contributed by atoms with E-state index >= 15 is 0 Å². The molecule has 17 heavy (non-hydrogen) atoms. The van der Waals surface area contributed by atoms with Gasteiger partial charge in [0, 0.05) is 18.9 Å². The lowest BCUT2D eigenvalue weighted by atomic mass is 9.69. The molecule has 3 fully saturated rings. The van der Waals surface area contributed by atoms with Crippen LogP contribution in [0.3, 0.4) is 0 Å². The van der Waals surface area contributed by atoms with Gasteiger partial charge in [-0.25, -0.2) is 4.79 Å². The summed E-state index contributed by atoms with van der Waals surface area (Å²) in [6.45, 7) is 3.10. The number of pyridine rings is 1. The van der Waals surface area contributed by atoms with E-state index in [9.17, 15) is 4.79 Å². The van der Waals surface area contributed by atoms with E-state index in [-0.39, 0.29) is 11.6 Å². The number of amides is 1. The number of hydrogen-bond acceptors (Lipinski definition) is 3. The number of ether oxygens (including phenoxy) is 1.